The number of aldehydes is 2. The minimum atomic E-state index is -1.13. The van der Waals surface area contributed by atoms with Crippen molar-refractivity contribution in [1.29, 1.82) is 0 Å². The Balaban J connectivity index is 2.49. The van der Waals surface area contributed by atoms with E-state index in [0.29, 0.717) is 18.4 Å². The average molecular weight is 194 g/mol. The largest absolute Gasteiger partial charge is 0.302 e. The molecule has 1 saturated carbocycles. The molecule has 0 amide bonds. The Kier molecular flexibility index (Phi) is 1.90. The molecule has 0 unspecified atom stereocenters. The SMILES string of the molecule is Cn1nnnc1C(C=O)(C=O)C1CC1. The highest BCUT2D eigenvalue weighted by atomic mass is 16.1. The van der Waals surface area contributed by atoms with Gasteiger partial charge in [0.1, 0.15) is 18.0 Å². The van der Waals surface area contributed by atoms with Gasteiger partial charge >= 0.3 is 0 Å². The predicted octanol–water partition coefficient (Wildman–Crippen LogP) is -0.744. The summed E-state index contributed by atoms with van der Waals surface area (Å²) in [7, 11) is 1.62. The molecule has 0 bridgehead atoms. The lowest BCUT2D eigenvalue weighted by Crippen LogP contribution is -2.35. The lowest BCUT2D eigenvalue weighted by Gasteiger charge is -2.17. The Morgan fingerprint density at radius 3 is 2.43 bits per heavy atom. The number of nitrogens with zero attached hydrogens (tertiary/aromatic N) is 4. The Hall–Kier alpha value is -1.59. The summed E-state index contributed by atoms with van der Waals surface area (Å²) in [6.45, 7) is 0. The van der Waals surface area contributed by atoms with Gasteiger partial charge in [-0.1, -0.05) is 0 Å². The molecule has 1 aromatic heterocycles. The van der Waals surface area contributed by atoms with E-state index in [-0.39, 0.29) is 5.92 Å². The van der Waals surface area contributed by atoms with E-state index in [1.807, 2.05) is 0 Å². The van der Waals surface area contributed by atoms with Crippen molar-refractivity contribution < 1.29 is 9.59 Å². The normalized spacial score (nSPS) is 16.6. The van der Waals surface area contributed by atoms with E-state index < -0.39 is 5.41 Å². The van der Waals surface area contributed by atoms with Gasteiger partial charge in [0.05, 0.1) is 0 Å². The Labute approximate surface area is 80.3 Å². The molecule has 1 aliphatic rings. The van der Waals surface area contributed by atoms with Gasteiger partial charge in [0.15, 0.2) is 5.82 Å². The number of aromatic nitrogens is 4. The number of carbonyl (C=O) groups is 2. The van der Waals surface area contributed by atoms with Crippen LogP contribution in [0.25, 0.3) is 0 Å². The van der Waals surface area contributed by atoms with Crippen LogP contribution in [0.15, 0.2) is 0 Å². The van der Waals surface area contributed by atoms with Gasteiger partial charge in [-0.2, -0.15) is 0 Å². The topological polar surface area (TPSA) is 77.7 Å². The van der Waals surface area contributed by atoms with Crippen LogP contribution in [-0.4, -0.2) is 32.8 Å². The van der Waals surface area contributed by atoms with Crippen LogP contribution < -0.4 is 0 Å². The van der Waals surface area contributed by atoms with Gasteiger partial charge in [-0.3, -0.25) is 0 Å². The van der Waals surface area contributed by atoms with Crippen molar-refractivity contribution >= 4 is 12.6 Å². The molecule has 2 rings (SSSR count). The van der Waals surface area contributed by atoms with Crippen molar-refractivity contribution in [3.05, 3.63) is 5.82 Å². The summed E-state index contributed by atoms with van der Waals surface area (Å²) in [5, 5.41) is 10.8. The van der Waals surface area contributed by atoms with Crippen LogP contribution in [-0.2, 0) is 22.1 Å². The molecular weight excluding hydrogens is 184 g/mol. The Morgan fingerprint density at radius 1 is 1.43 bits per heavy atom. The highest BCUT2D eigenvalue weighted by Gasteiger charge is 2.50. The molecular formula is C8H10N4O2. The Morgan fingerprint density at radius 2 is 2.07 bits per heavy atom. The van der Waals surface area contributed by atoms with E-state index in [4.69, 9.17) is 0 Å². The van der Waals surface area contributed by atoms with E-state index in [1.54, 1.807) is 7.05 Å². The molecule has 0 spiro atoms. The highest BCUT2D eigenvalue weighted by Crippen LogP contribution is 2.44. The molecule has 0 aliphatic heterocycles. The van der Waals surface area contributed by atoms with E-state index >= 15 is 0 Å². The van der Waals surface area contributed by atoms with E-state index in [9.17, 15) is 9.59 Å². The molecule has 0 atom stereocenters. The molecule has 1 aliphatic carbocycles. The van der Waals surface area contributed by atoms with Gasteiger partial charge in [0.2, 0.25) is 0 Å². The van der Waals surface area contributed by atoms with Gasteiger partial charge < -0.3 is 9.59 Å². The van der Waals surface area contributed by atoms with Crippen molar-refractivity contribution in [2.24, 2.45) is 13.0 Å². The summed E-state index contributed by atoms with van der Waals surface area (Å²) < 4.78 is 1.38. The third kappa shape index (κ3) is 1.07. The van der Waals surface area contributed by atoms with Crippen LogP contribution in [0, 0.1) is 5.92 Å². The summed E-state index contributed by atoms with van der Waals surface area (Å²) in [6.07, 6.45) is 3.07. The van der Waals surface area contributed by atoms with Gasteiger partial charge in [-0.05, 0) is 29.2 Å². The predicted molar refractivity (Wildman–Crippen MR) is 45.3 cm³/mol. The van der Waals surface area contributed by atoms with Crippen molar-refractivity contribution in [3.8, 4) is 0 Å². The fourth-order valence-electron chi connectivity index (χ4n) is 1.67. The standard InChI is InChI=1S/C8H10N4O2/c1-12-7(9-10-11-12)8(4-13,5-14)6-2-3-6/h4-6H,2-3H2,1H3. The monoisotopic (exact) mass is 194 g/mol. The molecule has 14 heavy (non-hydrogen) atoms. The maximum atomic E-state index is 11.0. The quantitative estimate of drug-likeness (QED) is 0.465. The van der Waals surface area contributed by atoms with Gasteiger partial charge in [0, 0.05) is 7.05 Å². The first-order valence-corrected chi connectivity index (χ1v) is 4.40. The van der Waals surface area contributed by atoms with Crippen LogP contribution in [0.5, 0.6) is 0 Å². The minimum Gasteiger partial charge on any atom is -0.302 e. The highest BCUT2D eigenvalue weighted by molar-refractivity contribution is 5.91. The first kappa shape index (κ1) is 8.98. The second kappa shape index (κ2) is 2.97. The second-order valence-electron chi connectivity index (χ2n) is 3.57. The van der Waals surface area contributed by atoms with Crippen molar-refractivity contribution in [1.82, 2.24) is 20.2 Å². The van der Waals surface area contributed by atoms with Crippen molar-refractivity contribution in [2.75, 3.05) is 0 Å². The molecule has 74 valence electrons. The summed E-state index contributed by atoms with van der Waals surface area (Å²) in [6, 6.07) is 0. The number of hydrogen-bond donors (Lipinski definition) is 0. The number of rotatable bonds is 4. The van der Waals surface area contributed by atoms with Crippen molar-refractivity contribution in [2.45, 2.75) is 18.3 Å². The molecule has 6 nitrogen and oxygen atoms in total. The third-order valence-electron chi connectivity index (χ3n) is 2.65. The minimum absolute atomic E-state index is 0.0715. The number of aryl methyl sites for hydroxylation is 1. The van der Waals surface area contributed by atoms with Crippen molar-refractivity contribution in [3.63, 3.8) is 0 Å². The summed E-state index contributed by atoms with van der Waals surface area (Å²) in [4.78, 5) is 22.1. The molecule has 6 heteroatoms. The first-order valence-electron chi connectivity index (χ1n) is 4.40. The number of tetrazole rings is 1. The van der Waals surface area contributed by atoms with Crippen LogP contribution >= 0.6 is 0 Å². The summed E-state index contributed by atoms with van der Waals surface area (Å²) >= 11 is 0. The van der Waals surface area contributed by atoms with Crippen LogP contribution in [0.2, 0.25) is 0 Å². The maximum absolute atomic E-state index is 11.0. The summed E-state index contributed by atoms with van der Waals surface area (Å²) in [5.74, 6) is 0.409. The molecule has 1 fully saturated rings. The fourth-order valence-corrected chi connectivity index (χ4v) is 1.67. The molecule has 1 heterocycles. The van der Waals surface area contributed by atoms with Gasteiger partial charge in [0.25, 0.3) is 0 Å². The van der Waals surface area contributed by atoms with E-state index in [0.717, 1.165) is 12.8 Å². The molecule has 1 aromatic rings. The van der Waals surface area contributed by atoms with Crippen LogP contribution in [0.1, 0.15) is 18.7 Å². The number of hydrogen-bond acceptors (Lipinski definition) is 5. The zero-order valence-electron chi connectivity index (χ0n) is 7.75. The maximum Gasteiger partial charge on any atom is 0.171 e. The zero-order valence-corrected chi connectivity index (χ0v) is 7.75. The van der Waals surface area contributed by atoms with E-state index in [2.05, 4.69) is 15.5 Å². The van der Waals surface area contributed by atoms with Gasteiger partial charge in [-0.25, -0.2) is 4.68 Å². The number of carbonyl (C=O) groups excluding carboxylic acids is 2. The fraction of sp³-hybridized carbons (Fsp3) is 0.625. The second-order valence-corrected chi connectivity index (χ2v) is 3.57. The molecule has 0 radical (unpaired) electrons. The lowest BCUT2D eigenvalue weighted by atomic mass is 9.85. The molecule has 0 aromatic carbocycles. The first-order chi connectivity index (χ1) is 6.74. The third-order valence-corrected chi connectivity index (χ3v) is 2.65. The molecule has 0 N–H and O–H groups in total. The summed E-state index contributed by atoms with van der Waals surface area (Å²) in [5.41, 5.74) is -1.13. The van der Waals surface area contributed by atoms with Crippen LogP contribution in [0.3, 0.4) is 0 Å². The van der Waals surface area contributed by atoms with Crippen LogP contribution in [0.4, 0.5) is 0 Å². The lowest BCUT2D eigenvalue weighted by molar-refractivity contribution is -0.122. The zero-order chi connectivity index (χ0) is 10.2. The van der Waals surface area contributed by atoms with Gasteiger partial charge in [-0.15, -0.1) is 5.10 Å². The molecule has 0 saturated heterocycles. The van der Waals surface area contributed by atoms with E-state index in [1.165, 1.54) is 4.68 Å². The smallest absolute Gasteiger partial charge is 0.171 e. The average Bonchev–Trinajstić information content (AvgIpc) is 2.95. The Bertz CT molecular complexity index is 361.